The Bertz CT molecular complexity index is 732. The first kappa shape index (κ1) is 20.7. The molecular weight excluding hydrogens is 441 g/mol. The Morgan fingerprint density at radius 2 is 2.19 bits per heavy atom. The first-order valence-corrected chi connectivity index (χ1v) is 9.14. The molecule has 2 N–H and O–H groups in total. The van der Waals surface area contributed by atoms with Gasteiger partial charge in [0.05, 0.1) is 18.4 Å². The lowest BCUT2D eigenvalue weighted by Crippen LogP contribution is -2.45. The number of hydrogen-bond acceptors (Lipinski definition) is 3. The summed E-state index contributed by atoms with van der Waals surface area (Å²) in [5.41, 5.74) is 3.73. The van der Waals surface area contributed by atoms with Gasteiger partial charge in [-0.25, -0.2) is 4.99 Å². The van der Waals surface area contributed by atoms with Crippen LogP contribution in [-0.4, -0.2) is 38.1 Å². The average Bonchev–Trinajstić information content (AvgIpc) is 3.18. The lowest BCUT2D eigenvalue weighted by Gasteiger charge is -2.24. The number of guanidine groups is 1. The number of aryl methyl sites for hydroxylation is 2. The van der Waals surface area contributed by atoms with Crippen LogP contribution < -0.4 is 10.6 Å². The van der Waals surface area contributed by atoms with Gasteiger partial charge in [-0.05, 0) is 39.2 Å². The molecule has 26 heavy (non-hydrogen) atoms. The summed E-state index contributed by atoms with van der Waals surface area (Å²) in [6.07, 6.45) is 9.19. The molecule has 0 saturated heterocycles. The lowest BCUT2D eigenvalue weighted by atomic mass is 9.94. The standard InChI is InChI=1S/C18H29N7.HI/c1-5-19-18(20-9-14-10-21-24(4)11-14)22-16-7-6-15-12-25(13(2)3)23-17(15)8-16;/h10-13,16H,5-9H2,1-4H3,(H2,19,20,22);1H. The predicted octanol–water partition coefficient (Wildman–Crippen LogP) is 2.43. The van der Waals surface area contributed by atoms with E-state index < -0.39 is 0 Å². The van der Waals surface area contributed by atoms with E-state index in [0.717, 1.165) is 37.3 Å². The molecule has 0 spiro atoms. The maximum atomic E-state index is 4.76. The van der Waals surface area contributed by atoms with Gasteiger partial charge in [-0.3, -0.25) is 9.36 Å². The molecule has 1 unspecified atom stereocenters. The van der Waals surface area contributed by atoms with E-state index in [9.17, 15) is 0 Å². The second-order valence-electron chi connectivity index (χ2n) is 6.98. The third-order valence-corrected chi connectivity index (χ3v) is 4.49. The summed E-state index contributed by atoms with van der Waals surface area (Å²) in [5.74, 6) is 0.864. The molecular formula is C18H30IN7. The normalized spacial score (nSPS) is 17.0. The Morgan fingerprint density at radius 3 is 2.85 bits per heavy atom. The zero-order chi connectivity index (χ0) is 17.8. The Kier molecular flexibility index (Phi) is 7.48. The lowest BCUT2D eigenvalue weighted by molar-refractivity contribution is 0.499. The molecule has 0 radical (unpaired) electrons. The minimum Gasteiger partial charge on any atom is -0.357 e. The van der Waals surface area contributed by atoms with Gasteiger partial charge in [0, 0.05) is 50.1 Å². The Morgan fingerprint density at radius 1 is 1.38 bits per heavy atom. The minimum absolute atomic E-state index is 0. The van der Waals surface area contributed by atoms with E-state index in [4.69, 9.17) is 10.1 Å². The van der Waals surface area contributed by atoms with Gasteiger partial charge in [-0.15, -0.1) is 24.0 Å². The van der Waals surface area contributed by atoms with Crippen LogP contribution in [0.5, 0.6) is 0 Å². The van der Waals surface area contributed by atoms with Crippen molar-refractivity contribution in [3.05, 3.63) is 35.4 Å². The Balaban J connectivity index is 0.00000243. The van der Waals surface area contributed by atoms with E-state index >= 15 is 0 Å². The zero-order valence-corrected chi connectivity index (χ0v) is 18.4. The fourth-order valence-electron chi connectivity index (χ4n) is 3.14. The van der Waals surface area contributed by atoms with Crippen LogP contribution >= 0.6 is 24.0 Å². The van der Waals surface area contributed by atoms with Crippen LogP contribution in [0.4, 0.5) is 0 Å². The van der Waals surface area contributed by atoms with E-state index in [1.54, 1.807) is 4.68 Å². The fourth-order valence-corrected chi connectivity index (χ4v) is 3.14. The fraction of sp³-hybridized carbons (Fsp3) is 0.611. The van der Waals surface area contributed by atoms with Crippen molar-refractivity contribution >= 4 is 29.9 Å². The number of halogens is 1. The molecule has 0 fully saturated rings. The molecule has 7 nitrogen and oxygen atoms in total. The number of nitrogens with one attached hydrogen (secondary N) is 2. The van der Waals surface area contributed by atoms with E-state index in [1.807, 2.05) is 19.4 Å². The van der Waals surface area contributed by atoms with E-state index in [2.05, 4.69) is 47.4 Å². The number of aliphatic imine (C=N–C) groups is 1. The topological polar surface area (TPSA) is 72.1 Å². The summed E-state index contributed by atoms with van der Waals surface area (Å²) < 4.78 is 3.88. The van der Waals surface area contributed by atoms with Gasteiger partial charge in [-0.1, -0.05) is 0 Å². The molecule has 1 aliphatic carbocycles. The molecule has 0 saturated carbocycles. The largest absolute Gasteiger partial charge is 0.357 e. The number of rotatable bonds is 5. The summed E-state index contributed by atoms with van der Waals surface area (Å²) in [6, 6.07) is 0.782. The maximum absolute atomic E-state index is 4.76. The molecule has 1 atom stereocenters. The van der Waals surface area contributed by atoms with Crippen LogP contribution in [0.1, 0.15) is 50.1 Å². The molecule has 0 amide bonds. The van der Waals surface area contributed by atoms with Crippen LogP contribution in [0.25, 0.3) is 0 Å². The van der Waals surface area contributed by atoms with Crippen LogP contribution in [0.3, 0.4) is 0 Å². The van der Waals surface area contributed by atoms with Gasteiger partial charge in [-0.2, -0.15) is 10.2 Å². The van der Waals surface area contributed by atoms with E-state index in [1.165, 1.54) is 11.3 Å². The number of hydrogen-bond donors (Lipinski definition) is 2. The molecule has 3 rings (SSSR count). The monoisotopic (exact) mass is 471 g/mol. The summed E-state index contributed by atoms with van der Waals surface area (Å²) in [4.78, 5) is 4.70. The van der Waals surface area contributed by atoms with Gasteiger partial charge in [0.25, 0.3) is 0 Å². The summed E-state index contributed by atoms with van der Waals surface area (Å²) in [5, 5.41) is 15.9. The quantitative estimate of drug-likeness (QED) is 0.399. The highest BCUT2D eigenvalue weighted by molar-refractivity contribution is 14.0. The molecule has 2 heterocycles. The van der Waals surface area contributed by atoms with Gasteiger partial charge < -0.3 is 10.6 Å². The maximum Gasteiger partial charge on any atom is 0.191 e. The van der Waals surface area contributed by atoms with E-state index in [-0.39, 0.29) is 24.0 Å². The van der Waals surface area contributed by atoms with Gasteiger partial charge >= 0.3 is 0 Å². The SMILES string of the molecule is CCNC(=NCc1cnn(C)c1)NC1CCc2cn(C(C)C)nc2C1.I. The van der Waals surface area contributed by atoms with Crippen molar-refractivity contribution in [3.63, 3.8) is 0 Å². The van der Waals surface area contributed by atoms with Gasteiger partial charge in [0.2, 0.25) is 0 Å². The minimum atomic E-state index is 0. The van der Waals surface area contributed by atoms with Crippen molar-refractivity contribution in [3.8, 4) is 0 Å². The second-order valence-corrected chi connectivity index (χ2v) is 6.98. The Labute approximate surface area is 172 Å². The second kappa shape index (κ2) is 9.38. The van der Waals surface area contributed by atoms with Gasteiger partial charge in [0.15, 0.2) is 5.96 Å². The highest BCUT2D eigenvalue weighted by Gasteiger charge is 2.23. The third kappa shape index (κ3) is 5.21. The summed E-state index contributed by atoms with van der Waals surface area (Å²) >= 11 is 0. The van der Waals surface area contributed by atoms with Crippen LogP contribution in [-0.2, 0) is 26.4 Å². The van der Waals surface area contributed by atoms with Crippen molar-refractivity contribution in [1.82, 2.24) is 30.2 Å². The van der Waals surface area contributed by atoms with Crippen molar-refractivity contribution < 1.29 is 0 Å². The van der Waals surface area contributed by atoms with Crippen molar-refractivity contribution in [2.45, 2.75) is 58.7 Å². The highest BCUT2D eigenvalue weighted by atomic mass is 127. The summed E-state index contributed by atoms with van der Waals surface area (Å²) in [6.45, 7) is 7.90. The van der Waals surface area contributed by atoms with Crippen molar-refractivity contribution in [2.24, 2.45) is 12.0 Å². The number of nitrogens with zero attached hydrogens (tertiary/aromatic N) is 5. The van der Waals surface area contributed by atoms with Crippen LogP contribution in [0.2, 0.25) is 0 Å². The first-order valence-electron chi connectivity index (χ1n) is 9.14. The molecule has 0 aliphatic heterocycles. The predicted molar refractivity (Wildman–Crippen MR) is 115 cm³/mol. The van der Waals surface area contributed by atoms with Crippen molar-refractivity contribution in [2.75, 3.05) is 6.54 Å². The highest BCUT2D eigenvalue weighted by Crippen LogP contribution is 2.21. The van der Waals surface area contributed by atoms with Crippen LogP contribution in [0.15, 0.2) is 23.6 Å². The number of fused-ring (bicyclic) bond motifs is 1. The number of aromatic nitrogens is 4. The molecule has 1 aliphatic rings. The zero-order valence-electron chi connectivity index (χ0n) is 16.1. The summed E-state index contributed by atoms with van der Waals surface area (Å²) in [7, 11) is 1.92. The molecule has 2 aromatic rings. The Hall–Kier alpha value is -1.58. The average molecular weight is 471 g/mol. The van der Waals surface area contributed by atoms with Gasteiger partial charge in [0.1, 0.15) is 0 Å². The van der Waals surface area contributed by atoms with Crippen LogP contribution in [0, 0.1) is 0 Å². The smallest absolute Gasteiger partial charge is 0.191 e. The molecule has 0 aromatic carbocycles. The van der Waals surface area contributed by atoms with E-state index in [0.29, 0.717) is 18.6 Å². The molecule has 8 heteroatoms. The first-order chi connectivity index (χ1) is 12.0. The molecule has 2 aromatic heterocycles. The van der Waals surface area contributed by atoms with Crippen molar-refractivity contribution in [1.29, 1.82) is 0 Å². The third-order valence-electron chi connectivity index (χ3n) is 4.49. The molecule has 0 bridgehead atoms. The molecule has 144 valence electrons.